The van der Waals surface area contributed by atoms with Gasteiger partial charge in [0.1, 0.15) is 24.7 Å². The highest BCUT2D eigenvalue weighted by molar-refractivity contribution is 9.10. The number of carbonyl (C=O) groups excluding carboxylic acids is 1. The molecule has 0 saturated carbocycles. The van der Waals surface area contributed by atoms with E-state index in [0.717, 1.165) is 29.5 Å². The van der Waals surface area contributed by atoms with Crippen molar-refractivity contribution in [2.75, 3.05) is 25.1 Å². The second-order valence-corrected chi connectivity index (χ2v) is 7.64. The number of amides is 1. The molecule has 1 aliphatic heterocycles. The number of halogens is 1. The number of hydrogen-bond donors (Lipinski definition) is 1. The van der Waals surface area contributed by atoms with Crippen LogP contribution in [0, 0.1) is 0 Å². The number of anilines is 1. The van der Waals surface area contributed by atoms with Crippen molar-refractivity contribution in [3.8, 4) is 11.5 Å². The molecule has 0 bridgehead atoms. The summed E-state index contributed by atoms with van der Waals surface area (Å²) in [5.41, 5.74) is 2.04. The third-order valence-corrected chi connectivity index (χ3v) is 4.87. The lowest BCUT2D eigenvalue weighted by atomic mass is 10.2. The molecule has 1 amide bonds. The predicted molar refractivity (Wildman–Crippen MR) is 113 cm³/mol. The van der Waals surface area contributed by atoms with E-state index in [1.807, 2.05) is 25.1 Å². The first-order valence-electron chi connectivity index (χ1n) is 9.24. The van der Waals surface area contributed by atoms with Crippen molar-refractivity contribution in [2.45, 2.75) is 25.9 Å². The highest BCUT2D eigenvalue weighted by atomic mass is 79.9. The zero-order chi connectivity index (χ0) is 19.9. The predicted octanol–water partition coefficient (Wildman–Crippen LogP) is 5.21. The molecule has 1 heterocycles. The van der Waals surface area contributed by atoms with Crippen LogP contribution >= 0.6 is 15.9 Å². The molecule has 3 rings (SSSR count). The van der Waals surface area contributed by atoms with Crippen molar-refractivity contribution in [1.82, 2.24) is 0 Å². The van der Waals surface area contributed by atoms with Crippen LogP contribution in [0.25, 0.3) is 0 Å². The maximum Gasteiger partial charge on any atom is 0.255 e. The number of para-hydroxylation sites is 2. The number of benzene rings is 2. The quantitative estimate of drug-likeness (QED) is 0.566. The topological polar surface area (TPSA) is 56.8 Å². The lowest BCUT2D eigenvalue weighted by Gasteiger charge is -2.14. The molecule has 0 spiro atoms. The summed E-state index contributed by atoms with van der Waals surface area (Å²) in [5, 5.41) is 2.90. The summed E-state index contributed by atoms with van der Waals surface area (Å²) < 4.78 is 17.8. The molecule has 2 aromatic rings. The Hall–Kier alpha value is -2.31. The molecule has 5 nitrogen and oxygen atoms in total. The number of hydrogen-bond acceptors (Lipinski definition) is 4. The average Bonchev–Trinajstić information content (AvgIpc) is 3.19. The first-order chi connectivity index (χ1) is 13.5. The summed E-state index contributed by atoms with van der Waals surface area (Å²) >= 11 is 3.49. The fraction of sp³-hybridized carbons (Fsp3) is 0.318. The largest absolute Gasteiger partial charge is 0.490 e. The fourth-order valence-electron chi connectivity index (χ4n) is 2.81. The van der Waals surface area contributed by atoms with Crippen LogP contribution in [-0.4, -0.2) is 31.8 Å². The van der Waals surface area contributed by atoms with Crippen LogP contribution in [0.1, 0.15) is 30.1 Å². The number of nitrogens with one attached hydrogen (secondary N) is 1. The van der Waals surface area contributed by atoms with Crippen LogP contribution in [0.15, 0.2) is 59.1 Å². The second-order valence-electron chi connectivity index (χ2n) is 6.79. The lowest BCUT2D eigenvalue weighted by Crippen LogP contribution is -2.17. The summed E-state index contributed by atoms with van der Waals surface area (Å²) in [6.45, 7) is 7.43. The first-order valence-corrected chi connectivity index (χ1v) is 10.0. The van der Waals surface area contributed by atoms with E-state index < -0.39 is 0 Å². The summed E-state index contributed by atoms with van der Waals surface area (Å²) in [5.74, 6) is 1.07. The second kappa shape index (κ2) is 9.75. The van der Waals surface area contributed by atoms with E-state index in [0.29, 0.717) is 36.0 Å². The molecular weight excluding hydrogens is 422 g/mol. The Labute approximate surface area is 173 Å². The van der Waals surface area contributed by atoms with Gasteiger partial charge >= 0.3 is 0 Å². The highest BCUT2D eigenvalue weighted by Gasteiger charge is 2.17. The smallest absolute Gasteiger partial charge is 0.255 e. The SMILES string of the molecule is C=C(C)COc1ccccc1NC(=O)c1ccc(OCC2CCCO2)c(Br)c1. The van der Waals surface area contributed by atoms with Gasteiger partial charge in [-0.25, -0.2) is 0 Å². The average molecular weight is 446 g/mol. The monoisotopic (exact) mass is 445 g/mol. The summed E-state index contributed by atoms with van der Waals surface area (Å²) in [4.78, 5) is 12.7. The summed E-state index contributed by atoms with van der Waals surface area (Å²) in [6.07, 6.45) is 2.24. The van der Waals surface area contributed by atoms with Gasteiger partial charge in [0, 0.05) is 12.2 Å². The van der Waals surface area contributed by atoms with Gasteiger partial charge in [0.15, 0.2) is 0 Å². The zero-order valence-corrected chi connectivity index (χ0v) is 17.5. The highest BCUT2D eigenvalue weighted by Crippen LogP contribution is 2.29. The maximum atomic E-state index is 12.7. The Morgan fingerprint density at radius 2 is 2.07 bits per heavy atom. The van der Waals surface area contributed by atoms with Gasteiger partial charge in [0.25, 0.3) is 5.91 Å². The van der Waals surface area contributed by atoms with Crippen molar-refractivity contribution in [2.24, 2.45) is 0 Å². The lowest BCUT2D eigenvalue weighted by molar-refractivity contribution is 0.0677. The van der Waals surface area contributed by atoms with Crippen molar-refractivity contribution in [3.63, 3.8) is 0 Å². The van der Waals surface area contributed by atoms with Crippen molar-refractivity contribution >= 4 is 27.5 Å². The fourth-order valence-corrected chi connectivity index (χ4v) is 3.30. The molecule has 0 aromatic heterocycles. The van der Waals surface area contributed by atoms with Crippen LogP contribution in [0.2, 0.25) is 0 Å². The van der Waals surface area contributed by atoms with Crippen molar-refractivity contribution in [1.29, 1.82) is 0 Å². The Morgan fingerprint density at radius 3 is 2.79 bits per heavy atom. The third kappa shape index (κ3) is 5.59. The molecule has 1 unspecified atom stereocenters. The molecule has 1 atom stereocenters. The van der Waals surface area contributed by atoms with E-state index in [1.54, 1.807) is 24.3 Å². The molecule has 2 aromatic carbocycles. The Morgan fingerprint density at radius 1 is 1.25 bits per heavy atom. The first kappa shape index (κ1) is 20.4. The van der Waals surface area contributed by atoms with Crippen LogP contribution < -0.4 is 14.8 Å². The third-order valence-electron chi connectivity index (χ3n) is 4.25. The minimum Gasteiger partial charge on any atom is -0.490 e. The maximum absolute atomic E-state index is 12.7. The molecule has 6 heteroatoms. The van der Waals surface area contributed by atoms with Crippen molar-refractivity contribution in [3.05, 3.63) is 64.7 Å². The molecular formula is C22H24BrNO4. The Bertz CT molecular complexity index is 846. The molecule has 1 fully saturated rings. The van der Waals surface area contributed by atoms with Gasteiger partial charge in [-0.3, -0.25) is 4.79 Å². The molecule has 1 aliphatic rings. The van der Waals surface area contributed by atoms with Gasteiger partial charge in [-0.2, -0.15) is 0 Å². The minimum atomic E-state index is -0.224. The molecule has 0 aliphatic carbocycles. The van der Waals surface area contributed by atoms with Crippen LogP contribution in [0.5, 0.6) is 11.5 Å². The number of rotatable bonds is 8. The molecule has 0 radical (unpaired) electrons. The van der Waals surface area contributed by atoms with Gasteiger partial charge in [-0.1, -0.05) is 18.7 Å². The summed E-state index contributed by atoms with van der Waals surface area (Å²) in [7, 11) is 0. The molecule has 148 valence electrons. The van der Waals surface area contributed by atoms with Crippen LogP contribution in [-0.2, 0) is 4.74 Å². The molecule has 1 saturated heterocycles. The Kier molecular flexibility index (Phi) is 7.12. The van der Waals surface area contributed by atoms with Gasteiger partial charge in [0.05, 0.1) is 16.3 Å². The van der Waals surface area contributed by atoms with E-state index in [1.165, 1.54) is 0 Å². The van der Waals surface area contributed by atoms with Gasteiger partial charge in [0.2, 0.25) is 0 Å². The van der Waals surface area contributed by atoms with Crippen LogP contribution in [0.4, 0.5) is 5.69 Å². The van der Waals surface area contributed by atoms with E-state index in [2.05, 4.69) is 27.8 Å². The normalized spacial score (nSPS) is 15.9. The summed E-state index contributed by atoms with van der Waals surface area (Å²) in [6, 6.07) is 12.6. The molecule has 1 N–H and O–H groups in total. The van der Waals surface area contributed by atoms with E-state index in [-0.39, 0.29) is 12.0 Å². The van der Waals surface area contributed by atoms with E-state index in [9.17, 15) is 4.79 Å². The van der Waals surface area contributed by atoms with Gasteiger partial charge < -0.3 is 19.5 Å². The van der Waals surface area contributed by atoms with Crippen molar-refractivity contribution < 1.29 is 19.0 Å². The van der Waals surface area contributed by atoms with E-state index in [4.69, 9.17) is 14.2 Å². The van der Waals surface area contributed by atoms with Crippen LogP contribution in [0.3, 0.4) is 0 Å². The zero-order valence-electron chi connectivity index (χ0n) is 15.9. The number of ether oxygens (including phenoxy) is 3. The molecule has 28 heavy (non-hydrogen) atoms. The van der Waals surface area contributed by atoms with Gasteiger partial charge in [-0.15, -0.1) is 0 Å². The minimum absolute atomic E-state index is 0.144. The standard InChI is InChI=1S/C22H24BrNO4/c1-15(2)13-27-21-8-4-3-7-19(21)24-22(25)16-9-10-20(18(23)12-16)28-14-17-6-5-11-26-17/h3-4,7-10,12,17H,1,5-6,11,13-14H2,2H3,(H,24,25). The van der Waals surface area contributed by atoms with Gasteiger partial charge in [-0.05, 0) is 71.6 Å². The Balaban J connectivity index is 1.64. The number of carbonyl (C=O) groups is 1. The van der Waals surface area contributed by atoms with E-state index >= 15 is 0 Å².